The lowest BCUT2D eigenvalue weighted by molar-refractivity contribution is -0.139. The second kappa shape index (κ2) is 12.8. The number of aliphatic hydroxyl groups is 1. The third kappa shape index (κ3) is 6.72. The number of ether oxygens (including phenoxy) is 1. The molecule has 0 saturated carbocycles. The van der Waals surface area contributed by atoms with E-state index in [4.69, 9.17) is 4.74 Å². The summed E-state index contributed by atoms with van der Waals surface area (Å²) in [5, 5.41) is 11.3. The molecule has 7 heteroatoms. The first-order valence-electron chi connectivity index (χ1n) is 13.2. The highest BCUT2D eigenvalue weighted by molar-refractivity contribution is 6.46. The van der Waals surface area contributed by atoms with Crippen LogP contribution in [0.3, 0.4) is 0 Å². The van der Waals surface area contributed by atoms with Gasteiger partial charge in [0.25, 0.3) is 11.7 Å². The average molecular weight is 508 g/mol. The number of carbonyl (C=O) groups excluding carboxylic acids is 2. The zero-order valence-electron chi connectivity index (χ0n) is 23.0. The van der Waals surface area contributed by atoms with E-state index < -0.39 is 17.7 Å². The van der Waals surface area contributed by atoms with Gasteiger partial charge in [-0.3, -0.25) is 9.59 Å². The van der Waals surface area contributed by atoms with Crippen LogP contribution in [0.1, 0.15) is 51.3 Å². The van der Waals surface area contributed by atoms with E-state index in [1.165, 1.54) is 0 Å². The van der Waals surface area contributed by atoms with Crippen LogP contribution < -0.4 is 9.64 Å². The highest BCUT2D eigenvalue weighted by atomic mass is 16.5. The Balaban J connectivity index is 2.01. The number of rotatable bonds is 12. The second-order valence-corrected chi connectivity index (χ2v) is 10.1. The molecule has 37 heavy (non-hydrogen) atoms. The number of likely N-dealkylation sites (tertiary alicyclic amines) is 1. The SMILES string of the molecule is CCN(CC)c1ccc(C2/C(=C(/O)c3ccc(OCC(C)C)cc3)C(=O)C(=O)N2CCCN(C)C)cc1. The third-order valence-corrected chi connectivity index (χ3v) is 6.59. The van der Waals surface area contributed by atoms with Crippen LogP contribution in [0.2, 0.25) is 0 Å². The van der Waals surface area contributed by atoms with Crippen LogP contribution in [0.15, 0.2) is 54.1 Å². The minimum absolute atomic E-state index is 0.126. The van der Waals surface area contributed by atoms with Gasteiger partial charge >= 0.3 is 0 Å². The van der Waals surface area contributed by atoms with Gasteiger partial charge in [-0.2, -0.15) is 0 Å². The summed E-state index contributed by atoms with van der Waals surface area (Å²) < 4.78 is 5.75. The number of Topliss-reactive ketones (excluding diaryl/α,β-unsaturated/α-hetero) is 1. The smallest absolute Gasteiger partial charge is 0.295 e. The molecule has 2 aromatic rings. The predicted octanol–water partition coefficient (Wildman–Crippen LogP) is 4.94. The lowest BCUT2D eigenvalue weighted by Crippen LogP contribution is -2.32. The first-order chi connectivity index (χ1) is 17.7. The predicted molar refractivity (Wildman–Crippen MR) is 149 cm³/mol. The number of hydrogen-bond donors (Lipinski definition) is 1. The van der Waals surface area contributed by atoms with Gasteiger partial charge in [0.15, 0.2) is 0 Å². The van der Waals surface area contributed by atoms with Crippen LogP contribution >= 0.6 is 0 Å². The Morgan fingerprint density at radius 2 is 1.62 bits per heavy atom. The van der Waals surface area contributed by atoms with E-state index in [0.29, 0.717) is 30.4 Å². The molecule has 0 aromatic heterocycles. The summed E-state index contributed by atoms with van der Waals surface area (Å²) in [5.41, 5.74) is 2.49. The normalized spacial score (nSPS) is 17.2. The maximum Gasteiger partial charge on any atom is 0.295 e. The molecule has 0 bridgehead atoms. The van der Waals surface area contributed by atoms with Crippen molar-refractivity contribution in [1.82, 2.24) is 9.80 Å². The summed E-state index contributed by atoms with van der Waals surface area (Å²) >= 11 is 0. The molecule has 1 N–H and O–H groups in total. The van der Waals surface area contributed by atoms with Gasteiger partial charge in [-0.25, -0.2) is 0 Å². The van der Waals surface area contributed by atoms with Crippen molar-refractivity contribution >= 4 is 23.1 Å². The lowest BCUT2D eigenvalue weighted by atomic mass is 9.95. The largest absolute Gasteiger partial charge is 0.507 e. The number of benzene rings is 2. The Morgan fingerprint density at radius 1 is 1.00 bits per heavy atom. The molecule has 200 valence electrons. The summed E-state index contributed by atoms with van der Waals surface area (Å²) in [6.07, 6.45) is 0.718. The molecule has 0 spiro atoms. The van der Waals surface area contributed by atoms with Gasteiger partial charge < -0.3 is 24.5 Å². The van der Waals surface area contributed by atoms with E-state index in [1.807, 2.05) is 43.3 Å². The molecule has 2 aromatic carbocycles. The van der Waals surface area contributed by atoms with Crippen molar-refractivity contribution in [2.75, 3.05) is 51.8 Å². The van der Waals surface area contributed by atoms with Gasteiger partial charge in [-0.05, 0) is 88.8 Å². The van der Waals surface area contributed by atoms with Gasteiger partial charge in [-0.15, -0.1) is 0 Å². The van der Waals surface area contributed by atoms with Gasteiger partial charge in [0.05, 0.1) is 18.2 Å². The molecule has 0 aliphatic carbocycles. The van der Waals surface area contributed by atoms with E-state index >= 15 is 0 Å². The minimum Gasteiger partial charge on any atom is -0.507 e. The van der Waals surface area contributed by atoms with Crippen molar-refractivity contribution in [3.8, 4) is 5.75 Å². The number of hydrogen-bond acceptors (Lipinski definition) is 6. The molecule has 1 aliphatic heterocycles. The van der Waals surface area contributed by atoms with Gasteiger partial charge in [0, 0.05) is 30.9 Å². The van der Waals surface area contributed by atoms with Crippen molar-refractivity contribution in [2.24, 2.45) is 5.92 Å². The lowest BCUT2D eigenvalue weighted by Gasteiger charge is -2.27. The molecular weight excluding hydrogens is 466 g/mol. The fourth-order valence-electron chi connectivity index (χ4n) is 4.60. The van der Waals surface area contributed by atoms with Gasteiger partial charge in [0.2, 0.25) is 0 Å². The molecule has 3 rings (SSSR count). The van der Waals surface area contributed by atoms with Gasteiger partial charge in [0.1, 0.15) is 11.5 Å². The molecule has 1 fully saturated rings. The molecule has 1 saturated heterocycles. The summed E-state index contributed by atoms with van der Waals surface area (Å²) in [6, 6.07) is 14.3. The molecule has 1 amide bonds. The number of nitrogens with zero attached hydrogens (tertiary/aromatic N) is 3. The molecular formula is C30H41N3O4. The molecule has 7 nitrogen and oxygen atoms in total. The van der Waals surface area contributed by atoms with E-state index in [1.54, 1.807) is 29.2 Å². The Hall–Kier alpha value is -3.32. The molecule has 1 unspecified atom stereocenters. The summed E-state index contributed by atoms with van der Waals surface area (Å²) in [5.74, 6) is -0.306. The minimum atomic E-state index is -0.652. The Kier molecular flexibility index (Phi) is 9.75. The fraction of sp³-hybridized carbons (Fsp3) is 0.467. The Morgan fingerprint density at radius 3 is 2.16 bits per heavy atom. The van der Waals surface area contributed by atoms with E-state index in [2.05, 4.69) is 32.6 Å². The maximum atomic E-state index is 13.3. The average Bonchev–Trinajstić information content (AvgIpc) is 3.13. The topological polar surface area (TPSA) is 73.3 Å². The molecule has 0 radical (unpaired) electrons. The highest BCUT2D eigenvalue weighted by Gasteiger charge is 2.45. The van der Waals surface area contributed by atoms with Crippen LogP contribution in [-0.2, 0) is 9.59 Å². The summed E-state index contributed by atoms with van der Waals surface area (Å²) in [4.78, 5) is 32.3. The third-order valence-electron chi connectivity index (χ3n) is 6.59. The zero-order valence-corrected chi connectivity index (χ0v) is 23.0. The standard InChI is InChI=1S/C30H41N3O4/c1-7-32(8-2)24-14-10-22(11-15-24)27-26(29(35)30(36)33(27)19-9-18-31(5)6)28(34)23-12-16-25(17-13-23)37-20-21(3)4/h10-17,21,27,34H,7-9,18-20H2,1-6H3/b28-26-. The quantitative estimate of drug-likeness (QED) is 0.249. The molecule has 1 atom stereocenters. The molecule has 1 aliphatic rings. The van der Waals surface area contributed by atoms with Crippen LogP contribution in [-0.4, -0.2) is 73.5 Å². The van der Waals surface area contributed by atoms with Crippen LogP contribution in [0.5, 0.6) is 5.75 Å². The van der Waals surface area contributed by atoms with Crippen LogP contribution in [0.25, 0.3) is 5.76 Å². The monoisotopic (exact) mass is 507 g/mol. The van der Waals surface area contributed by atoms with E-state index in [-0.39, 0.29) is 11.3 Å². The van der Waals surface area contributed by atoms with Crippen molar-refractivity contribution in [3.05, 3.63) is 65.2 Å². The second-order valence-electron chi connectivity index (χ2n) is 10.1. The number of ketones is 1. The van der Waals surface area contributed by atoms with Crippen LogP contribution in [0.4, 0.5) is 5.69 Å². The van der Waals surface area contributed by atoms with Crippen molar-refractivity contribution in [3.63, 3.8) is 0 Å². The summed E-state index contributed by atoms with van der Waals surface area (Å²) in [6.45, 7) is 11.9. The van der Waals surface area contributed by atoms with Gasteiger partial charge in [-0.1, -0.05) is 26.0 Å². The van der Waals surface area contributed by atoms with E-state index in [0.717, 1.165) is 37.3 Å². The number of anilines is 1. The summed E-state index contributed by atoms with van der Waals surface area (Å²) in [7, 11) is 3.96. The number of amides is 1. The van der Waals surface area contributed by atoms with Crippen molar-refractivity contribution in [2.45, 2.75) is 40.2 Å². The highest BCUT2D eigenvalue weighted by Crippen LogP contribution is 2.40. The Bertz CT molecular complexity index is 1090. The first-order valence-corrected chi connectivity index (χ1v) is 13.2. The van der Waals surface area contributed by atoms with Crippen LogP contribution in [0, 0.1) is 5.92 Å². The number of carbonyl (C=O) groups is 2. The fourth-order valence-corrected chi connectivity index (χ4v) is 4.60. The number of aliphatic hydroxyl groups excluding tert-OH is 1. The Labute approximate surface area is 221 Å². The zero-order chi connectivity index (χ0) is 27.1. The maximum absolute atomic E-state index is 13.3. The first kappa shape index (κ1) is 28.3. The molecule has 1 heterocycles. The van der Waals surface area contributed by atoms with Crippen molar-refractivity contribution in [1.29, 1.82) is 0 Å². The van der Waals surface area contributed by atoms with E-state index in [9.17, 15) is 14.7 Å². The van der Waals surface area contributed by atoms with Crippen molar-refractivity contribution < 1.29 is 19.4 Å².